The minimum atomic E-state index is -0.198. The maximum atomic E-state index is 11.9. The van der Waals surface area contributed by atoms with E-state index in [-0.39, 0.29) is 6.09 Å². The van der Waals surface area contributed by atoms with E-state index in [1.807, 2.05) is 13.0 Å². The predicted molar refractivity (Wildman–Crippen MR) is 103 cm³/mol. The second kappa shape index (κ2) is 9.28. The number of piperazine rings is 1. The van der Waals surface area contributed by atoms with Gasteiger partial charge >= 0.3 is 6.09 Å². The molecule has 0 aliphatic carbocycles. The lowest BCUT2D eigenvalue weighted by Gasteiger charge is -2.43. The maximum Gasteiger partial charge on any atom is 0.409 e. The molecule has 1 N–H and O–H groups in total. The van der Waals surface area contributed by atoms with E-state index in [1.165, 1.54) is 6.42 Å². The lowest BCUT2D eigenvalue weighted by Crippen LogP contribution is -2.55. The van der Waals surface area contributed by atoms with E-state index in [1.54, 1.807) is 24.1 Å². The topological polar surface area (TPSA) is 65.5 Å². The summed E-state index contributed by atoms with van der Waals surface area (Å²) in [6.07, 6.45) is 2.13. The van der Waals surface area contributed by atoms with Crippen LogP contribution in [0.25, 0.3) is 0 Å². The molecule has 0 radical (unpaired) electrons. The van der Waals surface area contributed by atoms with Crippen LogP contribution in [0, 0.1) is 0 Å². The summed E-state index contributed by atoms with van der Waals surface area (Å²) in [5.41, 5.74) is 0.905. The third-order valence-corrected chi connectivity index (χ3v) is 5.52. The molecule has 0 bridgehead atoms. The van der Waals surface area contributed by atoms with Crippen LogP contribution in [0.3, 0.4) is 0 Å². The molecule has 0 spiro atoms. The van der Waals surface area contributed by atoms with Crippen LogP contribution in [0.4, 0.5) is 4.79 Å². The standard InChI is InChI=1S/C20H31N3O4/c1-3-27-20(25)23-11-9-22(10-12-23)17-5-4-8-21(15-17)14-16-13-18(26-2)6-7-19(16)24/h6-7,13,17,24H,3-5,8-12,14-15H2,1-2H3/t17-/m1/s1. The van der Waals surface area contributed by atoms with Gasteiger partial charge in [-0.2, -0.15) is 0 Å². The number of carbonyl (C=O) groups excluding carboxylic acids is 1. The van der Waals surface area contributed by atoms with Gasteiger partial charge in [-0.1, -0.05) is 0 Å². The number of hydrogen-bond donors (Lipinski definition) is 1. The number of nitrogens with zero attached hydrogens (tertiary/aromatic N) is 3. The Balaban J connectivity index is 1.53. The van der Waals surface area contributed by atoms with Crippen LogP contribution in [0.1, 0.15) is 25.3 Å². The number of likely N-dealkylation sites (tertiary alicyclic amines) is 1. The molecule has 7 nitrogen and oxygen atoms in total. The van der Waals surface area contributed by atoms with E-state index < -0.39 is 0 Å². The van der Waals surface area contributed by atoms with Gasteiger partial charge < -0.3 is 19.5 Å². The highest BCUT2D eigenvalue weighted by Gasteiger charge is 2.30. The average Bonchev–Trinajstić information content (AvgIpc) is 2.70. The third kappa shape index (κ3) is 5.05. The van der Waals surface area contributed by atoms with Gasteiger partial charge in [-0.25, -0.2) is 4.79 Å². The van der Waals surface area contributed by atoms with Crippen molar-refractivity contribution >= 4 is 6.09 Å². The number of phenols is 1. The molecule has 2 aliphatic heterocycles. The Morgan fingerprint density at radius 2 is 2.00 bits per heavy atom. The normalized spacial score (nSPS) is 21.9. The average molecular weight is 377 g/mol. The van der Waals surface area contributed by atoms with Crippen molar-refractivity contribution in [3.05, 3.63) is 23.8 Å². The first-order chi connectivity index (χ1) is 13.1. The second-order valence-corrected chi connectivity index (χ2v) is 7.25. The zero-order valence-electron chi connectivity index (χ0n) is 16.4. The first-order valence-corrected chi connectivity index (χ1v) is 9.84. The fraction of sp³-hybridized carbons (Fsp3) is 0.650. The summed E-state index contributed by atoms with van der Waals surface area (Å²) in [6, 6.07) is 5.89. The van der Waals surface area contributed by atoms with E-state index >= 15 is 0 Å². The zero-order chi connectivity index (χ0) is 19.2. The molecule has 1 aromatic rings. The highest BCUT2D eigenvalue weighted by Crippen LogP contribution is 2.26. The monoisotopic (exact) mass is 377 g/mol. The Hall–Kier alpha value is -1.99. The number of amides is 1. The molecule has 1 aromatic carbocycles. The van der Waals surface area contributed by atoms with Crippen LogP contribution < -0.4 is 4.74 Å². The number of methoxy groups -OCH3 is 1. The van der Waals surface area contributed by atoms with E-state index in [2.05, 4.69) is 9.80 Å². The molecule has 0 saturated carbocycles. The van der Waals surface area contributed by atoms with Crippen molar-refractivity contribution in [2.45, 2.75) is 32.4 Å². The van der Waals surface area contributed by atoms with Gasteiger partial charge in [0.25, 0.3) is 0 Å². The smallest absolute Gasteiger partial charge is 0.409 e. The number of carbonyl (C=O) groups is 1. The Kier molecular flexibility index (Phi) is 6.79. The number of phenolic OH excluding ortho intramolecular Hbond substituents is 1. The van der Waals surface area contributed by atoms with Crippen molar-refractivity contribution in [3.8, 4) is 11.5 Å². The molecular formula is C20H31N3O4. The molecule has 1 atom stereocenters. The number of ether oxygens (including phenoxy) is 2. The van der Waals surface area contributed by atoms with Crippen LogP contribution in [0.5, 0.6) is 11.5 Å². The summed E-state index contributed by atoms with van der Waals surface area (Å²) in [4.78, 5) is 18.6. The van der Waals surface area contributed by atoms with E-state index in [4.69, 9.17) is 9.47 Å². The van der Waals surface area contributed by atoms with Gasteiger partial charge in [0.05, 0.1) is 13.7 Å². The third-order valence-electron chi connectivity index (χ3n) is 5.52. The van der Waals surface area contributed by atoms with Crippen molar-refractivity contribution in [2.24, 2.45) is 0 Å². The molecule has 0 unspecified atom stereocenters. The van der Waals surface area contributed by atoms with Crippen molar-refractivity contribution in [1.82, 2.24) is 14.7 Å². The summed E-state index contributed by atoms with van der Waals surface area (Å²) < 4.78 is 10.4. The lowest BCUT2D eigenvalue weighted by molar-refractivity contribution is 0.0411. The quantitative estimate of drug-likeness (QED) is 0.848. The van der Waals surface area contributed by atoms with Gasteiger partial charge in [0.1, 0.15) is 11.5 Å². The van der Waals surface area contributed by atoms with Gasteiger partial charge in [-0.15, -0.1) is 0 Å². The molecule has 1 amide bonds. The molecule has 2 saturated heterocycles. The molecule has 150 valence electrons. The molecule has 2 aliphatic rings. The summed E-state index contributed by atoms with van der Waals surface area (Å²) in [5, 5.41) is 10.2. The Labute approximate surface area is 161 Å². The van der Waals surface area contributed by atoms with Gasteiger partial charge in [0.2, 0.25) is 0 Å². The number of benzene rings is 1. The fourth-order valence-corrected chi connectivity index (χ4v) is 4.01. The highest BCUT2D eigenvalue weighted by atomic mass is 16.6. The highest BCUT2D eigenvalue weighted by molar-refractivity contribution is 5.67. The number of piperidine rings is 1. The van der Waals surface area contributed by atoms with E-state index in [0.29, 0.717) is 18.4 Å². The van der Waals surface area contributed by atoms with Crippen molar-refractivity contribution in [1.29, 1.82) is 0 Å². The molecule has 27 heavy (non-hydrogen) atoms. The number of aromatic hydroxyl groups is 1. The fourth-order valence-electron chi connectivity index (χ4n) is 4.01. The summed E-state index contributed by atoms with van der Waals surface area (Å²) in [6.45, 7) is 8.24. The van der Waals surface area contributed by atoms with Crippen molar-refractivity contribution < 1.29 is 19.4 Å². The van der Waals surface area contributed by atoms with Crippen LogP contribution in [0.2, 0.25) is 0 Å². The zero-order valence-corrected chi connectivity index (χ0v) is 16.4. The van der Waals surface area contributed by atoms with Crippen molar-refractivity contribution in [2.75, 3.05) is 53.0 Å². The van der Waals surface area contributed by atoms with Crippen LogP contribution in [-0.2, 0) is 11.3 Å². The molecule has 0 aromatic heterocycles. The van der Waals surface area contributed by atoms with Crippen LogP contribution in [-0.4, -0.2) is 84.9 Å². The first kappa shape index (κ1) is 19.8. The largest absolute Gasteiger partial charge is 0.508 e. The Morgan fingerprint density at radius 3 is 2.70 bits per heavy atom. The van der Waals surface area contributed by atoms with E-state index in [9.17, 15) is 9.90 Å². The summed E-state index contributed by atoms with van der Waals surface area (Å²) in [7, 11) is 1.64. The second-order valence-electron chi connectivity index (χ2n) is 7.25. The first-order valence-electron chi connectivity index (χ1n) is 9.84. The Morgan fingerprint density at radius 1 is 1.22 bits per heavy atom. The number of rotatable bonds is 5. The summed E-state index contributed by atoms with van der Waals surface area (Å²) in [5.74, 6) is 1.09. The number of hydrogen-bond acceptors (Lipinski definition) is 6. The summed E-state index contributed by atoms with van der Waals surface area (Å²) >= 11 is 0. The van der Waals surface area contributed by atoms with Gasteiger partial charge in [-0.3, -0.25) is 9.80 Å². The molecule has 2 heterocycles. The van der Waals surface area contributed by atoms with Gasteiger partial charge in [-0.05, 0) is 44.5 Å². The molecule has 7 heteroatoms. The van der Waals surface area contributed by atoms with E-state index in [0.717, 1.165) is 63.5 Å². The minimum Gasteiger partial charge on any atom is -0.508 e. The lowest BCUT2D eigenvalue weighted by atomic mass is 10.0. The minimum absolute atomic E-state index is 0.198. The molecule has 2 fully saturated rings. The SMILES string of the molecule is CCOC(=O)N1CCN([C@@H]2CCCN(Cc3cc(OC)ccc3O)C2)CC1. The Bertz CT molecular complexity index is 632. The van der Waals surface area contributed by atoms with Crippen LogP contribution >= 0.6 is 0 Å². The molecule has 3 rings (SSSR count). The predicted octanol–water partition coefficient (Wildman–Crippen LogP) is 2.14. The van der Waals surface area contributed by atoms with Gasteiger partial charge in [0, 0.05) is 50.9 Å². The molecular weight excluding hydrogens is 346 g/mol. The maximum absolute atomic E-state index is 11.9. The van der Waals surface area contributed by atoms with Gasteiger partial charge in [0.15, 0.2) is 0 Å². The van der Waals surface area contributed by atoms with Crippen LogP contribution in [0.15, 0.2) is 18.2 Å². The van der Waals surface area contributed by atoms with Crippen molar-refractivity contribution in [3.63, 3.8) is 0 Å².